The van der Waals surface area contributed by atoms with Crippen LogP contribution in [0.3, 0.4) is 0 Å². The normalized spacial score (nSPS) is 33.8. The summed E-state index contributed by atoms with van der Waals surface area (Å²) in [6.07, 6.45) is 2.17. The molecule has 0 saturated heterocycles. The van der Waals surface area contributed by atoms with Gasteiger partial charge in [-0.3, -0.25) is 0 Å². The van der Waals surface area contributed by atoms with Crippen LogP contribution >= 0.6 is 0 Å². The van der Waals surface area contributed by atoms with Gasteiger partial charge < -0.3 is 0 Å². The SMILES string of the molecule is CC1CCC(C(C)C(F)F)CC1. The molecule has 0 spiro atoms. The highest BCUT2D eigenvalue weighted by atomic mass is 19.3. The van der Waals surface area contributed by atoms with Gasteiger partial charge in [0.2, 0.25) is 6.43 Å². The van der Waals surface area contributed by atoms with E-state index in [4.69, 9.17) is 0 Å². The van der Waals surface area contributed by atoms with Crippen LogP contribution < -0.4 is 0 Å². The van der Waals surface area contributed by atoms with Crippen LogP contribution in [0.5, 0.6) is 0 Å². The molecule has 1 aliphatic carbocycles. The number of hydrogen-bond acceptors (Lipinski definition) is 0. The van der Waals surface area contributed by atoms with Crippen LogP contribution in [0.1, 0.15) is 39.5 Å². The van der Waals surface area contributed by atoms with Crippen molar-refractivity contribution in [2.24, 2.45) is 17.8 Å². The Kier molecular flexibility index (Phi) is 3.48. The van der Waals surface area contributed by atoms with Gasteiger partial charge in [0.25, 0.3) is 0 Å². The van der Waals surface area contributed by atoms with E-state index < -0.39 is 12.3 Å². The molecule has 1 unspecified atom stereocenters. The molecule has 0 bridgehead atoms. The summed E-state index contributed by atoms with van der Waals surface area (Å²) >= 11 is 0. The van der Waals surface area contributed by atoms with Crippen molar-refractivity contribution < 1.29 is 8.78 Å². The molecule has 0 aromatic rings. The second-order valence-electron chi connectivity index (χ2n) is 4.21. The molecule has 1 saturated carbocycles. The molecule has 0 nitrogen and oxygen atoms in total. The summed E-state index contributed by atoms with van der Waals surface area (Å²) < 4.78 is 24.6. The summed E-state index contributed by atoms with van der Waals surface area (Å²) in [5.74, 6) is 0.643. The highest BCUT2D eigenvalue weighted by Crippen LogP contribution is 2.35. The fourth-order valence-electron chi connectivity index (χ4n) is 2.02. The third-order valence-electron chi connectivity index (χ3n) is 3.20. The van der Waals surface area contributed by atoms with E-state index in [0.717, 1.165) is 31.6 Å². The lowest BCUT2D eigenvalue weighted by atomic mass is 9.77. The first-order valence-corrected chi connectivity index (χ1v) is 4.89. The lowest BCUT2D eigenvalue weighted by Crippen LogP contribution is -2.23. The molecule has 0 aromatic heterocycles. The van der Waals surface area contributed by atoms with Crippen LogP contribution in [0, 0.1) is 17.8 Å². The Bertz CT molecular complexity index is 126. The third-order valence-corrected chi connectivity index (χ3v) is 3.20. The van der Waals surface area contributed by atoms with E-state index in [1.807, 2.05) is 0 Å². The topological polar surface area (TPSA) is 0 Å². The maximum Gasteiger partial charge on any atom is 0.241 e. The van der Waals surface area contributed by atoms with E-state index in [2.05, 4.69) is 6.92 Å². The van der Waals surface area contributed by atoms with Crippen LogP contribution in [-0.2, 0) is 0 Å². The van der Waals surface area contributed by atoms with Crippen LogP contribution in [-0.4, -0.2) is 6.43 Å². The average molecular weight is 176 g/mol. The zero-order valence-corrected chi connectivity index (χ0v) is 7.89. The van der Waals surface area contributed by atoms with Gasteiger partial charge in [0.05, 0.1) is 0 Å². The Labute approximate surface area is 73.3 Å². The highest BCUT2D eigenvalue weighted by Gasteiger charge is 2.28. The summed E-state index contributed by atoms with van der Waals surface area (Å²) in [5.41, 5.74) is 0. The van der Waals surface area contributed by atoms with Crippen molar-refractivity contribution in [1.29, 1.82) is 0 Å². The minimum atomic E-state index is -2.12. The zero-order valence-electron chi connectivity index (χ0n) is 7.89. The van der Waals surface area contributed by atoms with Crippen LogP contribution in [0.15, 0.2) is 0 Å². The van der Waals surface area contributed by atoms with E-state index in [1.165, 1.54) is 0 Å². The molecule has 0 aromatic carbocycles. The Balaban J connectivity index is 2.34. The highest BCUT2D eigenvalue weighted by molar-refractivity contribution is 4.75. The Morgan fingerprint density at radius 2 is 1.58 bits per heavy atom. The number of hydrogen-bond donors (Lipinski definition) is 0. The molecule has 0 N–H and O–H groups in total. The molecule has 1 atom stereocenters. The molecule has 12 heavy (non-hydrogen) atoms. The van der Waals surface area contributed by atoms with Crippen LogP contribution in [0.4, 0.5) is 8.78 Å². The summed E-state index contributed by atoms with van der Waals surface area (Å²) in [7, 11) is 0. The maximum absolute atomic E-state index is 12.3. The van der Waals surface area contributed by atoms with E-state index in [1.54, 1.807) is 6.92 Å². The molecule has 1 rings (SSSR count). The van der Waals surface area contributed by atoms with Gasteiger partial charge in [-0.2, -0.15) is 0 Å². The lowest BCUT2D eigenvalue weighted by Gasteiger charge is -2.30. The molecule has 72 valence electrons. The second-order valence-corrected chi connectivity index (χ2v) is 4.21. The molecular weight excluding hydrogens is 158 g/mol. The summed E-state index contributed by atoms with van der Waals surface area (Å²) in [6, 6.07) is 0. The summed E-state index contributed by atoms with van der Waals surface area (Å²) in [5, 5.41) is 0. The van der Waals surface area contributed by atoms with Crippen molar-refractivity contribution in [2.75, 3.05) is 0 Å². The minimum absolute atomic E-state index is 0.279. The second kappa shape index (κ2) is 4.20. The van der Waals surface area contributed by atoms with Crippen molar-refractivity contribution in [1.82, 2.24) is 0 Å². The maximum atomic E-state index is 12.3. The van der Waals surface area contributed by atoms with Crippen molar-refractivity contribution in [3.05, 3.63) is 0 Å². The molecule has 1 aliphatic rings. The van der Waals surface area contributed by atoms with Crippen molar-refractivity contribution in [2.45, 2.75) is 46.0 Å². The first-order valence-electron chi connectivity index (χ1n) is 4.89. The van der Waals surface area contributed by atoms with E-state index in [9.17, 15) is 8.78 Å². The smallest absolute Gasteiger partial charge is 0.210 e. The van der Waals surface area contributed by atoms with Crippen molar-refractivity contribution in [3.8, 4) is 0 Å². The van der Waals surface area contributed by atoms with Crippen LogP contribution in [0.2, 0.25) is 0 Å². The van der Waals surface area contributed by atoms with E-state index >= 15 is 0 Å². The largest absolute Gasteiger partial charge is 0.241 e. The number of alkyl halides is 2. The van der Waals surface area contributed by atoms with Gasteiger partial charge in [-0.15, -0.1) is 0 Å². The Morgan fingerprint density at radius 1 is 1.08 bits per heavy atom. The Hall–Kier alpha value is -0.140. The van der Waals surface area contributed by atoms with Gasteiger partial charge >= 0.3 is 0 Å². The lowest BCUT2D eigenvalue weighted by molar-refractivity contribution is 0.0375. The standard InChI is InChI=1S/C10H18F2/c1-7-3-5-9(6-4-7)8(2)10(11)12/h7-10H,3-6H2,1-2H3. The Morgan fingerprint density at radius 3 is 2.00 bits per heavy atom. The van der Waals surface area contributed by atoms with Crippen molar-refractivity contribution in [3.63, 3.8) is 0 Å². The first-order chi connectivity index (χ1) is 5.61. The molecule has 2 heteroatoms. The zero-order chi connectivity index (χ0) is 9.14. The van der Waals surface area contributed by atoms with E-state index in [0.29, 0.717) is 0 Å². The minimum Gasteiger partial charge on any atom is -0.210 e. The number of rotatable bonds is 2. The number of halogens is 2. The summed E-state index contributed by atoms with van der Waals surface area (Å²) in [6.45, 7) is 3.90. The van der Waals surface area contributed by atoms with E-state index in [-0.39, 0.29) is 5.92 Å². The van der Waals surface area contributed by atoms with Crippen LogP contribution in [0.25, 0.3) is 0 Å². The van der Waals surface area contributed by atoms with Gasteiger partial charge in [-0.1, -0.05) is 26.7 Å². The summed E-state index contributed by atoms with van der Waals surface area (Å²) in [4.78, 5) is 0. The molecular formula is C10H18F2. The monoisotopic (exact) mass is 176 g/mol. The fraction of sp³-hybridized carbons (Fsp3) is 1.00. The molecule has 0 aliphatic heterocycles. The molecule has 0 heterocycles. The fourth-order valence-corrected chi connectivity index (χ4v) is 2.02. The molecule has 0 radical (unpaired) electrons. The van der Waals surface area contributed by atoms with Gasteiger partial charge in [0.1, 0.15) is 0 Å². The van der Waals surface area contributed by atoms with Gasteiger partial charge in [-0.05, 0) is 24.7 Å². The third kappa shape index (κ3) is 2.43. The van der Waals surface area contributed by atoms with Crippen molar-refractivity contribution >= 4 is 0 Å². The molecule has 1 fully saturated rings. The van der Waals surface area contributed by atoms with Gasteiger partial charge in [-0.25, -0.2) is 8.78 Å². The average Bonchev–Trinajstić information content (AvgIpc) is 2.04. The van der Waals surface area contributed by atoms with Gasteiger partial charge in [0.15, 0.2) is 0 Å². The molecule has 0 amide bonds. The quantitative estimate of drug-likeness (QED) is 0.601. The van der Waals surface area contributed by atoms with Gasteiger partial charge in [0, 0.05) is 5.92 Å². The predicted molar refractivity (Wildman–Crippen MR) is 46.3 cm³/mol. The predicted octanol–water partition coefficient (Wildman–Crippen LogP) is 3.71. The first kappa shape index (κ1) is 9.94.